The van der Waals surface area contributed by atoms with Crippen LogP contribution in [0.2, 0.25) is 0 Å². The molecule has 33 heavy (non-hydrogen) atoms. The quantitative estimate of drug-likeness (QED) is 0.388. The van der Waals surface area contributed by atoms with Crippen molar-refractivity contribution in [2.75, 3.05) is 13.1 Å². The maximum absolute atomic E-state index is 14.7. The Labute approximate surface area is 190 Å². The van der Waals surface area contributed by atoms with E-state index < -0.39 is 5.82 Å². The van der Waals surface area contributed by atoms with Crippen LogP contribution >= 0.6 is 0 Å². The zero-order valence-corrected chi connectivity index (χ0v) is 17.9. The fourth-order valence-corrected chi connectivity index (χ4v) is 4.79. The van der Waals surface area contributed by atoms with Crippen LogP contribution in [0.1, 0.15) is 6.42 Å². The molecule has 0 saturated carbocycles. The molecule has 1 saturated heterocycles. The lowest BCUT2D eigenvalue weighted by molar-refractivity contribution is 0.491. The van der Waals surface area contributed by atoms with Gasteiger partial charge in [-0.1, -0.05) is 12.1 Å². The average Bonchev–Trinajstić information content (AvgIpc) is 3.60. The predicted octanol–water partition coefficient (Wildman–Crippen LogP) is 5.32. The van der Waals surface area contributed by atoms with E-state index in [0.717, 1.165) is 59.4 Å². The maximum Gasteiger partial charge on any atom is 0.222 e. The summed E-state index contributed by atoms with van der Waals surface area (Å²) >= 11 is 0. The molecule has 1 aliphatic rings. The van der Waals surface area contributed by atoms with Crippen LogP contribution in [0.5, 0.6) is 0 Å². The molecule has 0 aliphatic carbocycles. The van der Waals surface area contributed by atoms with Crippen LogP contribution in [-0.2, 0) is 6.54 Å². The third-order valence-electron chi connectivity index (χ3n) is 6.46. The van der Waals surface area contributed by atoms with Gasteiger partial charge in [0.1, 0.15) is 11.5 Å². The summed E-state index contributed by atoms with van der Waals surface area (Å²) in [5, 5.41) is 4.45. The Morgan fingerprint density at radius 2 is 2.03 bits per heavy atom. The van der Waals surface area contributed by atoms with Gasteiger partial charge in [-0.3, -0.25) is 4.98 Å². The van der Waals surface area contributed by atoms with E-state index in [1.54, 1.807) is 12.3 Å². The van der Waals surface area contributed by atoms with Crippen molar-refractivity contribution in [3.63, 3.8) is 0 Å². The SMILES string of the molecule is [C-]#[N+]c1ccc(-c2c(-c3ccc4nccn4c3)ncc3c2ccn3C[C@@H]2CCNC2)cc1F. The molecule has 4 aromatic heterocycles. The summed E-state index contributed by atoms with van der Waals surface area (Å²) in [7, 11) is 0. The van der Waals surface area contributed by atoms with Gasteiger partial charge in [0.25, 0.3) is 0 Å². The Morgan fingerprint density at radius 1 is 1.12 bits per heavy atom. The van der Waals surface area contributed by atoms with Crippen molar-refractivity contribution in [3.8, 4) is 22.4 Å². The maximum atomic E-state index is 14.7. The largest absolute Gasteiger partial charge is 0.346 e. The Kier molecular flexibility index (Phi) is 4.67. The highest BCUT2D eigenvalue weighted by molar-refractivity contribution is 6.01. The van der Waals surface area contributed by atoms with Crippen LogP contribution in [0.3, 0.4) is 0 Å². The molecule has 1 N–H and O–H groups in total. The van der Waals surface area contributed by atoms with Crippen molar-refractivity contribution in [1.29, 1.82) is 0 Å². The summed E-state index contributed by atoms with van der Waals surface area (Å²) in [6.07, 6.45) is 10.8. The summed E-state index contributed by atoms with van der Waals surface area (Å²) in [4.78, 5) is 12.5. The number of hydrogen-bond donors (Lipinski definition) is 1. The van der Waals surface area contributed by atoms with E-state index in [1.165, 1.54) is 6.07 Å². The number of imidazole rings is 1. The molecule has 5 aromatic rings. The van der Waals surface area contributed by atoms with Gasteiger partial charge in [0.2, 0.25) is 5.69 Å². The van der Waals surface area contributed by atoms with Crippen molar-refractivity contribution >= 4 is 22.2 Å². The zero-order chi connectivity index (χ0) is 22.4. The highest BCUT2D eigenvalue weighted by atomic mass is 19.1. The summed E-state index contributed by atoms with van der Waals surface area (Å²) < 4.78 is 18.9. The van der Waals surface area contributed by atoms with Crippen molar-refractivity contribution in [1.82, 2.24) is 24.3 Å². The van der Waals surface area contributed by atoms with E-state index in [-0.39, 0.29) is 5.69 Å². The molecule has 162 valence electrons. The third kappa shape index (κ3) is 3.36. The number of hydrogen-bond acceptors (Lipinski definition) is 3. The minimum Gasteiger partial charge on any atom is -0.346 e. The number of aromatic nitrogens is 4. The predicted molar refractivity (Wildman–Crippen MR) is 127 cm³/mol. The molecular weight excluding hydrogens is 415 g/mol. The first-order valence-corrected chi connectivity index (χ1v) is 11.0. The van der Waals surface area contributed by atoms with Crippen LogP contribution in [-0.4, -0.2) is 32.0 Å². The molecule has 1 aliphatic heterocycles. The summed E-state index contributed by atoms with van der Waals surface area (Å²) in [5.41, 5.74) is 5.16. The number of benzene rings is 1. The Balaban J connectivity index is 1.57. The molecule has 1 aromatic carbocycles. The molecular formula is C26H21FN6. The molecule has 5 heterocycles. The molecule has 0 unspecified atom stereocenters. The summed E-state index contributed by atoms with van der Waals surface area (Å²) in [6, 6.07) is 10.8. The number of halogens is 1. The first-order chi connectivity index (χ1) is 16.2. The van der Waals surface area contributed by atoms with Crippen molar-refractivity contribution in [2.45, 2.75) is 13.0 Å². The van der Waals surface area contributed by atoms with Crippen LogP contribution in [0.15, 0.2) is 67.4 Å². The molecule has 6 rings (SSSR count). The molecule has 0 amide bonds. The topological polar surface area (TPSA) is 51.5 Å². The van der Waals surface area contributed by atoms with E-state index in [9.17, 15) is 4.39 Å². The molecule has 0 spiro atoms. The smallest absolute Gasteiger partial charge is 0.222 e. The highest BCUT2D eigenvalue weighted by Gasteiger charge is 2.20. The lowest BCUT2D eigenvalue weighted by Gasteiger charge is -2.15. The first-order valence-electron chi connectivity index (χ1n) is 11.0. The standard InChI is InChI=1S/C26H21FN6/c1-28-22-4-2-18(12-21(22)27)25-20-7-10-32(15-17-6-8-29-13-17)23(20)14-31-26(25)19-3-5-24-30-9-11-33(24)16-19/h2-5,7,9-12,14,16-17,29H,6,8,13,15H2/t17-/m1/s1. The van der Waals surface area contributed by atoms with E-state index >= 15 is 0 Å². The number of nitrogens with zero attached hydrogens (tertiary/aromatic N) is 5. The molecule has 0 bridgehead atoms. The lowest BCUT2D eigenvalue weighted by Crippen LogP contribution is -2.14. The second-order valence-electron chi connectivity index (χ2n) is 8.50. The Bertz CT molecular complexity index is 1530. The van der Waals surface area contributed by atoms with Gasteiger partial charge in [0.15, 0.2) is 0 Å². The van der Waals surface area contributed by atoms with Crippen LogP contribution in [0.4, 0.5) is 10.1 Å². The Morgan fingerprint density at radius 3 is 2.85 bits per heavy atom. The minimum atomic E-state index is -0.521. The van der Waals surface area contributed by atoms with Crippen molar-refractivity contribution in [3.05, 3.63) is 84.6 Å². The van der Waals surface area contributed by atoms with Crippen LogP contribution in [0, 0.1) is 18.3 Å². The van der Waals surface area contributed by atoms with Gasteiger partial charge in [-0.15, -0.1) is 0 Å². The normalized spacial score (nSPS) is 15.9. The molecule has 7 heteroatoms. The fraction of sp³-hybridized carbons (Fsp3) is 0.192. The summed E-state index contributed by atoms with van der Waals surface area (Å²) in [5.74, 6) is 0.0646. The number of rotatable bonds is 4. The van der Waals surface area contributed by atoms with E-state index in [2.05, 4.69) is 32.0 Å². The molecule has 1 fully saturated rings. The Hall–Kier alpha value is -4.02. The van der Waals surface area contributed by atoms with Crippen molar-refractivity contribution in [2.24, 2.45) is 5.92 Å². The minimum absolute atomic E-state index is 0.0200. The first kappa shape index (κ1) is 19.6. The van der Waals surface area contributed by atoms with E-state index in [4.69, 9.17) is 11.6 Å². The summed E-state index contributed by atoms with van der Waals surface area (Å²) in [6.45, 7) is 10.2. The van der Waals surface area contributed by atoms with E-state index in [0.29, 0.717) is 11.5 Å². The van der Waals surface area contributed by atoms with Gasteiger partial charge in [0, 0.05) is 47.8 Å². The van der Waals surface area contributed by atoms with Gasteiger partial charge >= 0.3 is 0 Å². The fourth-order valence-electron chi connectivity index (χ4n) is 4.79. The van der Waals surface area contributed by atoms with Gasteiger partial charge < -0.3 is 14.3 Å². The third-order valence-corrected chi connectivity index (χ3v) is 6.46. The second-order valence-corrected chi connectivity index (χ2v) is 8.50. The van der Waals surface area contributed by atoms with Gasteiger partial charge in [-0.25, -0.2) is 14.2 Å². The monoisotopic (exact) mass is 436 g/mol. The van der Waals surface area contributed by atoms with Crippen molar-refractivity contribution < 1.29 is 4.39 Å². The van der Waals surface area contributed by atoms with Gasteiger partial charge in [-0.2, -0.15) is 0 Å². The molecule has 1 atom stereocenters. The van der Waals surface area contributed by atoms with Crippen LogP contribution < -0.4 is 5.32 Å². The lowest BCUT2D eigenvalue weighted by atomic mass is 9.96. The van der Waals surface area contributed by atoms with E-state index in [1.807, 2.05) is 41.2 Å². The average molecular weight is 436 g/mol. The number of pyridine rings is 2. The molecule has 0 radical (unpaired) electrons. The zero-order valence-electron chi connectivity index (χ0n) is 17.9. The second kappa shape index (κ2) is 7.84. The number of nitrogens with one attached hydrogen (secondary N) is 1. The highest BCUT2D eigenvalue weighted by Crippen LogP contribution is 2.38. The van der Waals surface area contributed by atoms with Crippen LogP contribution in [0.25, 0.3) is 43.8 Å². The van der Waals surface area contributed by atoms with Gasteiger partial charge in [0.05, 0.1) is 24.0 Å². The molecule has 6 nitrogen and oxygen atoms in total. The van der Waals surface area contributed by atoms with Gasteiger partial charge in [-0.05, 0) is 55.3 Å². The number of fused-ring (bicyclic) bond motifs is 2.